The summed E-state index contributed by atoms with van der Waals surface area (Å²) in [7, 11) is 0. The highest BCUT2D eigenvalue weighted by Gasteiger charge is 2.24. The quantitative estimate of drug-likeness (QED) is 0.784. The van der Waals surface area contributed by atoms with Crippen LogP contribution in [0.15, 0.2) is 18.3 Å². The standard InChI is InChI=1S/C15H21FN2O/c1-11(10-18-8-4-3-5-12(18)2)15(19)14-7-6-13(16)9-17-14/h6-7,9,11-12H,3-5,8,10H2,1-2H3. The van der Waals surface area contributed by atoms with E-state index < -0.39 is 5.82 Å². The van der Waals surface area contributed by atoms with Gasteiger partial charge in [0.2, 0.25) is 0 Å². The van der Waals surface area contributed by atoms with Gasteiger partial charge in [0.1, 0.15) is 11.5 Å². The van der Waals surface area contributed by atoms with Crippen molar-refractivity contribution in [2.45, 2.75) is 39.2 Å². The Bertz CT molecular complexity index is 432. The first kappa shape index (κ1) is 14.1. The third kappa shape index (κ3) is 3.60. The van der Waals surface area contributed by atoms with Gasteiger partial charge in [0.25, 0.3) is 0 Å². The lowest BCUT2D eigenvalue weighted by Crippen LogP contribution is -2.41. The molecule has 2 unspecified atom stereocenters. The van der Waals surface area contributed by atoms with Crippen LogP contribution in [0.3, 0.4) is 0 Å². The molecular formula is C15H21FN2O. The molecule has 0 N–H and O–H groups in total. The van der Waals surface area contributed by atoms with Crippen LogP contribution in [-0.4, -0.2) is 34.8 Å². The molecule has 3 nitrogen and oxygen atoms in total. The Morgan fingerprint density at radius 3 is 2.95 bits per heavy atom. The Hall–Kier alpha value is -1.29. The van der Waals surface area contributed by atoms with E-state index in [0.29, 0.717) is 11.7 Å². The number of rotatable bonds is 4. The Kier molecular flexibility index (Phi) is 4.64. The Labute approximate surface area is 113 Å². The highest BCUT2D eigenvalue weighted by atomic mass is 19.1. The predicted octanol–water partition coefficient (Wildman–Crippen LogP) is 2.91. The smallest absolute Gasteiger partial charge is 0.185 e. The van der Waals surface area contributed by atoms with Gasteiger partial charge in [0.05, 0.1) is 6.20 Å². The third-order valence-corrected chi connectivity index (χ3v) is 3.88. The largest absolute Gasteiger partial charge is 0.300 e. The second-order valence-electron chi connectivity index (χ2n) is 5.47. The first-order valence-corrected chi connectivity index (χ1v) is 6.97. The van der Waals surface area contributed by atoms with Crippen LogP contribution in [0.2, 0.25) is 0 Å². The van der Waals surface area contributed by atoms with Gasteiger partial charge in [-0.2, -0.15) is 0 Å². The molecule has 19 heavy (non-hydrogen) atoms. The molecule has 1 aliphatic heterocycles. The van der Waals surface area contributed by atoms with Gasteiger partial charge in [0, 0.05) is 18.5 Å². The summed E-state index contributed by atoms with van der Waals surface area (Å²) in [5, 5.41) is 0. The van der Waals surface area contributed by atoms with E-state index in [-0.39, 0.29) is 11.7 Å². The fourth-order valence-electron chi connectivity index (χ4n) is 2.64. The van der Waals surface area contributed by atoms with Gasteiger partial charge >= 0.3 is 0 Å². The van der Waals surface area contributed by atoms with Gasteiger partial charge in [0.15, 0.2) is 5.78 Å². The van der Waals surface area contributed by atoms with Crippen LogP contribution in [0.4, 0.5) is 4.39 Å². The molecule has 2 atom stereocenters. The Balaban J connectivity index is 1.97. The maximum Gasteiger partial charge on any atom is 0.185 e. The molecule has 0 saturated carbocycles. The fraction of sp³-hybridized carbons (Fsp3) is 0.600. The van der Waals surface area contributed by atoms with E-state index >= 15 is 0 Å². The number of likely N-dealkylation sites (tertiary alicyclic amines) is 1. The summed E-state index contributed by atoms with van der Waals surface area (Å²) in [4.78, 5) is 18.5. The van der Waals surface area contributed by atoms with Gasteiger partial charge in [-0.1, -0.05) is 13.3 Å². The van der Waals surface area contributed by atoms with Gasteiger partial charge in [-0.3, -0.25) is 14.7 Å². The van der Waals surface area contributed by atoms with Crippen molar-refractivity contribution in [1.29, 1.82) is 0 Å². The van der Waals surface area contributed by atoms with Crippen molar-refractivity contribution in [2.24, 2.45) is 5.92 Å². The molecule has 1 aromatic rings. The summed E-state index contributed by atoms with van der Waals surface area (Å²) < 4.78 is 12.8. The average Bonchev–Trinajstić information content (AvgIpc) is 2.41. The van der Waals surface area contributed by atoms with Crippen molar-refractivity contribution in [3.63, 3.8) is 0 Å². The summed E-state index contributed by atoms with van der Waals surface area (Å²) in [6.45, 7) is 5.97. The highest BCUT2D eigenvalue weighted by Crippen LogP contribution is 2.19. The lowest BCUT2D eigenvalue weighted by atomic mass is 9.98. The van der Waals surface area contributed by atoms with E-state index in [0.717, 1.165) is 19.3 Å². The predicted molar refractivity (Wildman–Crippen MR) is 72.6 cm³/mol. The monoisotopic (exact) mass is 264 g/mol. The van der Waals surface area contributed by atoms with Crippen molar-refractivity contribution in [2.75, 3.05) is 13.1 Å². The van der Waals surface area contributed by atoms with Crippen LogP contribution >= 0.6 is 0 Å². The number of piperidine rings is 1. The maximum atomic E-state index is 12.8. The van der Waals surface area contributed by atoms with Gasteiger partial charge in [-0.25, -0.2) is 4.39 Å². The lowest BCUT2D eigenvalue weighted by Gasteiger charge is -2.34. The van der Waals surface area contributed by atoms with E-state index in [9.17, 15) is 9.18 Å². The number of pyridine rings is 1. The first-order chi connectivity index (χ1) is 9.08. The van der Waals surface area contributed by atoms with Crippen LogP contribution in [0.25, 0.3) is 0 Å². The number of halogens is 1. The fourth-order valence-corrected chi connectivity index (χ4v) is 2.64. The second kappa shape index (κ2) is 6.24. The van der Waals surface area contributed by atoms with E-state index in [2.05, 4.69) is 16.8 Å². The summed E-state index contributed by atoms with van der Waals surface area (Å²) in [6.07, 6.45) is 4.79. The van der Waals surface area contributed by atoms with Crippen molar-refractivity contribution < 1.29 is 9.18 Å². The van der Waals surface area contributed by atoms with Gasteiger partial charge in [-0.15, -0.1) is 0 Å². The molecule has 1 aromatic heterocycles. The van der Waals surface area contributed by atoms with Gasteiger partial charge < -0.3 is 0 Å². The van der Waals surface area contributed by atoms with Crippen molar-refractivity contribution in [1.82, 2.24) is 9.88 Å². The van der Waals surface area contributed by atoms with Gasteiger partial charge in [-0.05, 0) is 38.4 Å². The van der Waals surface area contributed by atoms with Crippen LogP contribution in [0.5, 0.6) is 0 Å². The van der Waals surface area contributed by atoms with Crippen molar-refractivity contribution in [3.8, 4) is 0 Å². The number of nitrogens with zero attached hydrogens (tertiary/aromatic N) is 2. The molecule has 1 fully saturated rings. The number of carbonyl (C=O) groups excluding carboxylic acids is 1. The SMILES string of the molecule is CC(CN1CCCCC1C)C(=O)c1ccc(F)cn1. The summed E-state index contributed by atoms with van der Waals surface area (Å²) in [6, 6.07) is 3.30. The number of hydrogen-bond acceptors (Lipinski definition) is 3. The van der Waals surface area contributed by atoms with E-state index in [1.807, 2.05) is 6.92 Å². The minimum atomic E-state index is -0.408. The maximum absolute atomic E-state index is 12.8. The third-order valence-electron chi connectivity index (χ3n) is 3.88. The normalized spacial score (nSPS) is 22.2. The summed E-state index contributed by atoms with van der Waals surface area (Å²) >= 11 is 0. The average molecular weight is 264 g/mol. The zero-order chi connectivity index (χ0) is 13.8. The second-order valence-corrected chi connectivity index (χ2v) is 5.47. The molecule has 4 heteroatoms. The number of Topliss-reactive ketones (excluding diaryl/α,β-unsaturated/α-hetero) is 1. The number of aromatic nitrogens is 1. The van der Waals surface area contributed by atoms with E-state index in [1.165, 1.54) is 31.4 Å². The Morgan fingerprint density at radius 1 is 1.53 bits per heavy atom. The van der Waals surface area contributed by atoms with E-state index in [4.69, 9.17) is 0 Å². The van der Waals surface area contributed by atoms with Crippen molar-refractivity contribution >= 4 is 5.78 Å². The molecule has 1 aliphatic rings. The molecule has 104 valence electrons. The molecule has 1 saturated heterocycles. The number of ketones is 1. The minimum Gasteiger partial charge on any atom is -0.300 e. The number of hydrogen-bond donors (Lipinski definition) is 0. The molecule has 0 radical (unpaired) electrons. The molecule has 0 aliphatic carbocycles. The molecule has 0 aromatic carbocycles. The Morgan fingerprint density at radius 2 is 2.32 bits per heavy atom. The van der Waals surface area contributed by atoms with Crippen molar-refractivity contribution in [3.05, 3.63) is 29.8 Å². The van der Waals surface area contributed by atoms with E-state index in [1.54, 1.807) is 0 Å². The molecule has 0 bridgehead atoms. The van der Waals surface area contributed by atoms with Crippen LogP contribution in [0, 0.1) is 11.7 Å². The topological polar surface area (TPSA) is 33.2 Å². The summed E-state index contributed by atoms with van der Waals surface area (Å²) in [5.74, 6) is -0.509. The zero-order valence-electron chi connectivity index (χ0n) is 11.6. The zero-order valence-corrected chi connectivity index (χ0v) is 11.6. The molecule has 2 heterocycles. The van der Waals surface area contributed by atoms with Crippen LogP contribution < -0.4 is 0 Å². The lowest BCUT2D eigenvalue weighted by molar-refractivity contribution is 0.0836. The van der Waals surface area contributed by atoms with Crippen LogP contribution in [-0.2, 0) is 0 Å². The molecule has 0 amide bonds. The molecule has 0 spiro atoms. The number of carbonyl (C=O) groups is 1. The first-order valence-electron chi connectivity index (χ1n) is 6.97. The highest BCUT2D eigenvalue weighted by molar-refractivity contribution is 5.95. The minimum absolute atomic E-state index is 0.00206. The molecule has 2 rings (SSSR count). The summed E-state index contributed by atoms with van der Waals surface area (Å²) in [5.41, 5.74) is 0.360. The van der Waals surface area contributed by atoms with Crippen LogP contribution in [0.1, 0.15) is 43.6 Å². The molecular weight excluding hydrogens is 243 g/mol.